The van der Waals surface area contributed by atoms with Crippen LogP contribution in [-0.2, 0) is 9.59 Å². The van der Waals surface area contributed by atoms with E-state index in [9.17, 15) is 9.59 Å². The summed E-state index contributed by atoms with van der Waals surface area (Å²) >= 11 is 1.80. The average Bonchev–Trinajstić information content (AvgIpc) is 2.38. The number of amides is 1. The molecule has 0 radical (unpaired) electrons. The normalized spacial score (nSPS) is 25.4. The summed E-state index contributed by atoms with van der Waals surface area (Å²) in [7, 11) is 0. The number of hydrogen-bond donors (Lipinski definition) is 2. The molecule has 0 aliphatic heterocycles. The van der Waals surface area contributed by atoms with Crippen molar-refractivity contribution in [1.29, 1.82) is 0 Å². The molecule has 104 valence electrons. The summed E-state index contributed by atoms with van der Waals surface area (Å²) < 4.78 is 0. The van der Waals surface area contributed by atoms with Crippen molar-refractivity contribution < 1.29 is 14.7 Å². The number of rotatable bonds is 6. The largest absolute Gasteiger partial charge is 0.481 e. The van der Waals surface area contributed by atoms with Gasteiger partial charge in [0.05, 0.1) is 5.92 Å². The first-order valence-corrected chi connectivity index (χ1v) is 7.86. The maximum atomic E-state index is 11.9. The highest BCUT2D eigenvalue weighted by Crippen LogP contribution is 2.28. The Balaban J connectivity index is 2.22. The molecule has 2 N–H and O–H groups in total. The third kappa shape index (κ3) is 4.88. The highest BCUT2D eigenvalue weighted by molar-refractivity contribution is 7.99. The van der Waals surface area contributed by atoms with Gasteiger partial charge in [-0.2, -0.15) is 11.8 Å². The molecule has 1 aliphatic carbocycles. The van der Waals surface area contributed by atoms with Gasteiger partial charge in [-0.05, 0) is 38.4 Å². The Morgan fingerprint density at radius 2 is 1.83 bits per heavy atom. The van der Waals surface area contributed by atoms with Crippen LogP contribution in [0.25, 0.3) is 0 Å². The van der Waals surface area contributed by atoms with Crippen LogP contribution in [0.1, 0.15) is 39.0 Å². The van der Waals surface area contributed by atoms with Crippen molar-refractivity contribution in [3.05, 3.63) is 0 Å². The summed E-state index contributed by atoms with van der Waals surface area (Å²) in [6.45, 7) is 2.87. The molecule has 4 nitrogen and oxygen atoms in total. The van der Waals surface area contributed by atoms with Crippen LogP contribution in [0.3, 0.4) is 0 Å². The predicted octanol–water partition coefficient (Wildman–Crippen LogP) is 2.14. The Bertz CT molecular complexity index is 288. The summed E-state index contributed by atoms with van der Waals surface area (Å²) in [5.74, 6) is -0.842. The smallest absolute Gasteiger partial charge is 0.306 e. The zero-order valence-corrected chi connectivity index (χ0v) is 12.0. The fourth-order valence-electron chi connectivity index (χ4n) is 2.26. The lowest BCUT2D eigenvalue weighted by molar-refractivity contribution is -0.144. The van der Waals surface area contributed by atoms with E-state index >= 15 is 0 Å². The number of carbonyl (C=O) groups excluding carboxylic acids is 1. The maximum Gasteiger partial charge on any atom is 0.306 e. The van der Waals surface area contributed by atoms with Crippen molar-refractivity contribution in [2.75, 3.05) is 12.8 Å². The number of carboxylic acid groups (broad SMARTS) is 1. The first-order chi connectivity index (χ1) is 8.54. The van der Waals surface area contributed by atoms with Gasteiger partial charge in [0.1, 0.15) is 0 Å². The predicted molar refractivity (Wildman–Crippen MR) is 73.7 cm³/mol. The number of hydrogen-bond acceptors (Lipinski definition) is 3. The van der Waals surface area contributed by atoms with Crippen LogP contribution in [-0.4, -0.2) is 35.0 Å². The van der Waals surface area contributed by atoms with Gasteiger partial charge in [0.25, 0.3) is 0 Å². The van der Waals surface area contributed by atoms with Gasteiger partial charge in [0.15, 0.2) is 0 Å². The van der Waals surface area contributed by atoms with E-state index in [-0.39, 0.29) is 17.7 Å². The minimum atomic E-state index is -0.720. The van der Waals surface area contributed by atoms with Crippen molar-refractivity contribution in [2.24, 2.45) is 11.8 Å². The van der Waals surface area contributed by atoms with Crippen LogP contribution >= 0.6 is 11.8 Å². The molecule has 18 heavy (non-hydrogen) atoms. The lowest BCUT2D eigenvalue weighted by atomic mass is 9.81. The molecule has 1 amide bonds. The summed E-state index contributed by atoms with van der Waals surface area (Å²) in [6, 6.07) is 0. The molecule has 0 aromatic rings. The fourth-order valence-corrected chi connectivity index (χ4v) is 2.62. The Kier molecular flexibility index (Phi) is 6.54. The highest BCUT2D eigenvalue weighted by Gasteiger charge is 2.29. The van der Waals surface area contributed by atoms with Crippen LogP contribution < -0.4 is 5.32 Å². The molecule has 0 saturated heterocycles. The quantitative estimate of drug-likeness (QED) is 0.778. The molecule has 1 rings (SSSR count). The number of carboxylic acids is 1. The molecule has 1 saturated carbocycles. The van der Waals surface area contributed by atoms with Crippen LogP contribution in [0, 0.1) is 11.8 Å². The minimum absolute atomic E-state index is 0.0187. The molecular weight excluding hydrogens is 250 g/mol. The second kappa shape index (κ2) is 7.67. The van der Waals surface area contributed by atoms with Crippen molar-refractivity contribution >= 4 is 23.6 Å². The standard InChI is InChI=1S/C13H23NO3S/c1-9(18-2)7-8-14-12(15)10-3-5-11(6-4-10)13(16)17/h9-11H,3-8H2,1-2H3,(H,14,15)(H,16,17). The number of thioether (sulfide) groups is 1. The van der Waals surface area contributed by atoms with Gasteiger partial charge in [-0.15, -0.1) is 0 Å². The lowest BCUT2D eigenvalue weighted by Gasteiger charge is -2.25. The first kappa shape index (κ1) is 15.3. The van der Waals surface area contributed by atoms with Gasteiger partial charge in [-0.3, -0.25) is 9.59 Å². The molecule has 0 aromatic carbocycles. The SMILES string of the molecule is CSC(C)CCNC(=O)C1CCC(C(=O)O)CC1. The maximum absolute atomic E-state index is 11.9. The lowest BCUT2D eigenvalue weighted by Crippen LogP contribution is -2.35. The topological polar surface area (TPSA) is 66.4 Å². The van der Waals surface area contributed by atoms with E-state index in [0.717, 1.165) is 13.0 Å². The average molecular weight is 273 g/mol. The molecule has 1 atom stereocenters. The Labute approximate surface area is 113 Å². The summed E-state index contributed by atoms with van der Waals surface area (Å²) in [6.07, 6.45) is 5.74. The molecule has 1 unspecified atom stereocenters. The third-order valence-electron chi connectivity index (χ3n) is 3.70. The number of nitrogens with one attached hydrogen (secondary N) is 1. The Hall–Kier alpha value is -0.710. The van der Waals surface area contributed by atoms with E-state index in [1.54, 1.807) is 11.8 Å². The second-order valence-corrected chi connectivity index (χ2v) is 6.29. The van der Waals surface area contributed by atoms with Crippen LogP contribution in [0.4, 0.5) is 0 Å². The van der Waals surface area contributed by atoms with E-state index in [2.05, 4.69) is 18.5 Å². The summed E-state index contributed by atoms with van der Waals surface area (Å²) in [5, 5.41) is 12.4. The van der Waals surface area contributed by atoms with Crippen LogP contribution in [0.15, 0.2) is 0 Å². The van der Waals surface area contributed by atoms with E-state index in [0.29, 0.717) is 30.9 Å². The molecule has 0 bridgehead atoms. The van der Waals surface area contributed by atoms with Gasteiger partial charge in [0.2, 0.25) is 5.91 Å². The van der Waals surface area contributed by atoms with Gasteiger partial charge in [-0.1, -0.05) is 6.92 Å². The molecule has 0 spiro atoms. The van der Waals surface area contributed by atoms with Crippen molar-refractivity contribution in [2.45, 2.75) is 44.3 Å². The Morgan fingerprint density at radius 1 is 1.28 bits per heavy atom. The molecule has 0 aromatic heterocycles. The highest BCUT2D eigenvalue weighted by atomic mass is 32.2. The summed E-state index contributed by atoms with van der Waals surface area (Å²) in [5.41, 5.74) is 0. The number of aliphatic carboxylic acids is 1. The molecular formula is C13H23NO3S. The van der Waals surface area contributed by atoms with E-state index in [1.165, 1.54) is 0 Å². The van der Waals surface area contributed by atoms with Crippen molar-refractivity contribution in [3.63, 3.8) is 0 Å². The third-order valence-corrected chi connectivity index (χ3v) is 4.74. The van der Waals surface area contributed by atoms with Gasteiger partial charge < -0.3 is 10.4 Å². The molecule has 1 aliphatic rings. The zero-order chi connectivity index (χ0) is 13.5. The molecule has 5 heteroatoms. The van der Waals surface area contributed by atoms with Crippen molar-refractivity contribution in [3.8, 4) is 0 Å². The molecule has 0 heterocycles. The van der Waals surface area contributed by atoms with E-state index < -0.39 is 5.97 Å². The van der Waals surface area contributed by atoms with Crippen LogP contribution in [0.5, 0.6) is 0 Å². The van der Waals surface area contributed by atoms with Gasteiger partial charge >= 0.3 is 5.97 Å². The Morgan fingerprint density at radius 3 is 2.33 bits per heavy atom. The fraction of sp³-hybridized carbons (Fsp3) is 0.846. The first-order valence-electron chi connectivity index (χ1n) is 6.58. The zero-order valence-electron chi connectivity index (χ0n) is 11.1. The monoisotopic (exact) mass is 273 g/mol. The van der Waals surface area contributed by atoms with Crippen LogP contribution in [0.2, 0.25) is 0 Å². The van der Waals surface area contributed by atoms with Gasteiger partial charge in [0, 0.05) is 17.7 Å². The minimum Gasteiger partial charge on any atom is -0.481 e. The molecule has 1 fully saturated rings. The van der Waals surface area contributed by atoms with E-state index in [4.69, 9.17) is 5.11 Å². The number of carbonyl (C=O) groups is 2. The van der Waals surface area contributed by atoms with Gasteiger partial charge in [-0.25, -0.2) is 0 Å². The van der Waals surface area contributed by atoms with Crippen molar-refractivity contribution in [1.82, 2.24) is 5.32 Å². The second-order valence-electron chi connectivity index (χ2n) is 5.01. The van der Waals surface area contributed by atoms with E-state index in [1.807, 2.05) is 0 Å². The summed E-state index contributed by atoms with van der Waals surface area (Å²) in [4.78, 5) is 22.7.